The molecule has 13 heavy (non-hydrogen) atoms. The highest BCUT2D eigenvalue weighted by atomic mass is 16.3. The summed E-state index contributed by atoms with van der Waals surface area (Å²) in [5.41, 5.74) is -0.528. The average Bonchev–Trinajstić information content (AvgIpc) is 2.56. The molecule has 0 amide bonds. The fourth-order valence-electron chi connectivity index (χ4n) is 1.48. The normalized spacial score (nSPS) is 21.8. The summed E-state index contributed by atoms with van der Waals surface area (Å²) < 4.78 is 0. The van der Waals surface area contributed by atoms with E-state index in [1.165, 1.54) is 0 Å². The Kier molecular flexibility index (Phi) is 1.91. The maximum absolute atomic E-state index is 9.70. The number of hydrogen-bond acceptors (Lipinski definition) is 5. The lowest BCUT2D eigenvalue weighted by atomic mass is 9.94. The van der Waals surface area contributed by atoms with Gasteiger partial charge in [0.25, 0.3) is 5.95 Å². The maximum atomic E-state index is 9.70. The van der Waals surface area contributed by atoms with E-state index in [0.717, 1.165) is 25.9 Å². The average molecular weight is 183 g/mol. The van der Waals surface area contributed by atoms with Crippen LogP contribution >= 0.6 is 0 Å². The van der Waals surface area contributed by atoms with E-state index >= 15 is 0 Å². The highest BCUT2D eigenvalue weighted by Crippen LogP contribution is 2.22. The van der Waals surface area contributed by atoms with Crippen molar-refractivity contribution in [3.05, 3.63) is 0 Å². The first-order valence-corrected chi connectivity index (χ1v) is 4.38. The first-order valence-electron chi connectivity index (χ1n) is 4.38. The van der Waals surface area contributed by atoms with Crippen molar-refractivity contribution in [3.8, 4) is 0 Å². The van der Waals surface area contributed by atoms with Gasteiger partial charge < -0.3 is 10.0 Å². The van der Waals surface area contributed by atoms with Crippen LogP contribution in [-0.2, 0) is 0 Å². The van der Waals surface area contributed by atoms with Gasteiger partial charge >= 0.3 is 0 Å². The molecule has 2 heterocycles. The predicted molar refractivity (Wildman–Crippen MR) is 46.2 cm³/mol. The van der Waals surface area contributed by atoms with E-state index in [1.54, 1.807) is 0 Å². The van der Waals surface area contributed by atoms with E-state index < -0.39 is 5.60 Å². The Morgan fingerprint density at radius 3 is 2.69 bits per heavy atom. The van der Waals surface area contributed by atoms with Crippen molar-refractivity contribution in [2.24, 2.45) is 0 Å². The van der Waals surface area contributed by atoms with Gasteiger partial charge in [0.1, 0.15) is 0 Å². The Bertz CT molecular complexity index is 260. The molecule has 0 bridgehead atoms. The summed E-state index contributed by atoms with van der Waals surface area (Å²) in [5.74, 6) is 0.621. The van der Waals surface area contributed by atoms with Gasteiger partial charge in [0, 0.05) is 13.1 Å². The zero-order valence-electron chi connectivity index (χ0n) is 7.56. The monoisotopic (exact) mass is 183 g/mol. The smallest absolute Gasteiger partial charge is 0.265 e. The zero-order chi connectivity index (χ0) is 9.31. The molecule has 6 heteroatoms. The third-order valence-corrected chi connectivity index (χ3v) is 2.46. The highest BCUT2D eigenvalue weighted by molar-refractivity contribution is 5.27. The number of aromatic nitrogens is 4. The first kappa shape index (κ1) is 8.43. The molecule has 0 spiro atoms. The minimum Gasteiger partial charge on any atom is -0.390 e. The van der Waals surface area contributed by atoms with Crippen LogP contribution in [0.4, 0.5) is 5.95 Å². The van der Waals surface area contributed by atoms with Gasteiger partial charge in [-0.1, -0.05) is 5.10 Å². The third kappa shape index (κ3) is 1.77. The molecule has 6 nitrogen and oxygen atoms in total. The summed E-state index contributed by atoms with van der Waals surface area (Å²) in [6.07, 6.45) is 1.50. The first-order chi connectivity index (χ1) is 6.17. The lowest BCUT2D eigenvalue weighted by molar-refractivity contribution is 0.0349. The second-order valence-electron chi connectivity index (χ2n) is 3.70. The molecule has 72 valence electrons. The van der Waals surface area contributed by atoms with Crippen molar-refractivity contribution >= 4 is 5.95 Å². The van der Waals surface area contributed by atoms with E-state index in [4.69, 9.17) is 0 Å². The van der Waals surface area contributed by atoms with Crippen molar-refractivity contribution in [1.82, 2.24) is 20.6 Å². The van der Waals surface area contributed by atoms with Gasteiger partial charge in [-0.05, 0) is 25.0 Å². The van der Waals surface area contributed by atoms with Gasteiger partial charge in [-0.15, -0.1) is 5.10 Å². The van der Waals surface area contributed by atoms with Gasteiger partial charge in [-0.25, -0.2) is 0 Å². The van der Waals surface area contributed by atoms with Crippen LogP contribution in [0.15, 0.2) is 0 Å². The fraction of sp³-hybridized carbons (Fsp3) is 0.857. The Hall–Kier alpha value is -1.17. The third-order valence-electron chi connectivity index (χ3n) is 2.46. The molecule has 1 saturated heterocycles. The molecule has 0 aromatic carbocycles. The molecule has 1 aliphatic rings. The molecule has 1 aromatic rings. The molecule has 2 N–H and O–H groups in total. The number of tetrazole rings is 1. The minimum absolute atomic E-state index is 0.528. The Labute approximate surface area is 75.9 Å². The second-order valence-corrected chi connectivity index (χ2v) is 3.70. The number of nitrogens with zero attached hydrogens (tertiary/aromatic N) is 4. The minimum atomic E-state index is -0.528. The molecular weight excluding hydrogens is 170 g/mol. The second kappa shape index (κ2) is 2.95. The molecule has 0 radical (unpaired) electrons. The van der Waals surface area contributed by atoms with E-state index in [-0.39, 0.29) is 0 Å². The number of aliphatic hydroxyl groups is 1. The van der Waals surface area contributed by atoms with Crippen LogP contribution in [0.1, 0.15) is 19.8 Å². The number of H-pyrrole nitrogens is 1. The molecule has 1 aliphatic heterocycles. The number of hydrogen-bond donors (Lipinski definition) is 2. The number of anilines is 1. The van der Waals surface area contributed by atoms with Crippen LogP contribution in [0, 0.1) is 0 Å². The van der Waals surface area contributed by atoms with Crippen molar-refractivity contribution < 1.29 is 5.11 Å². The van der Waals surface area contributed by atoms with Crippen LogP contribution in [0.3, 0.4) is 0 Å². The summed E-state index contributed by atoms with van der Waals surface area (Å²) in [4.78, 5) is 2.02. The van der Waals surface area contributed by atoms with Gasteiger partial charge in [0.2, 0.25) is 0 Å². The van der Waals surface area contributed by atoms with E-state index in [0.29, 0.717) is 5.95 Å². The lowest BCUT2D eigenvalue weighted by Crippen LogP contribution is -2.42. The summed E-state index contributed by atoms with van der Waals surface area (Å²) in [5, 5.41) is 23.4. The van der Waals surface area contributed by atoms with E-state index in [2.05, 4.69) is 20.6 Å². The largest absolute Gasteiger partial charge is 0.390 e. The Morgan fingerprint density at radius 1 is 1.46 bits per heavy atom. The van der Waals surface area contributed by atoms with Crippen LogP contribution in [0.5, 0.6) is 0 Å². The molecule has 0 atom stereocenters. The molecule has 0 saturated carbocycles. The van der Waals surface area contributed by atoms with E-state index in [1.807, 2.05) is 11.8 Å². The van der Waals surface area contributed by atoms with Crippen LogP contribution in [0.25, 0.3) is 0 Å². The summed E-state index contributed by atoms with van der Waals surface area (Å²) >= 11 is 0. The number of rotatable bonds is 1. The van der Waals surface area contributed by atoms with Gasteiger partial charge in [0.05, 0.1) is 5.60 Å². The molecule has 1 fully saturated rings. The topological polar surface area (TPSA) is 77.9 Å². The fourth-order valence-corrected chi connectivity index (χ4v) is 1.48. The SMILES string of the molecule is CC1(O)CCN(c2nn[nH]n2)CC1. The molecular formula is C7H13N5O. The van der Waals surface area contributed by atoms with Gasteiger partial charge in [0.15, 0.2) is 0 Å². The molecule has 2 rings (SSSR count). The Morgan fingerprint density at radius 2 is 2.15 bits per heavy atom. The van der Waals surface area contributed by atoms with Crippen LogP contribution in [-0.4, -0.2) is 44.4 Å². The highest BCUT2D eigenvalue weighted by Gasteiger charge is 2.28. The van der Waals surface area contributed by atoms with Gasteiger partial charge in [-0.3, -0.25) is 0 Å². The summed E-state index contributed by atoms with van der Waals surface area (Å²) in [6.45, 7) is 3.43. The Balaban J connectivity index is 1.99. The van der Waals surface area contributed by atoms with Crippen LogP contribution in [0.2, 0.25) is 0 Å². The molecule has 0 unspecified atom stereocenters. The number of aromatic amines is 1. The standard InChI is InChI=1S/C7H13N5O/c1-7(13)2-4-12(5-3-7)6-8-10-11-9-6/h13H,2-5H2,1H3,(H,8,9,10,11). The van der Waals surface area contributed by atoms with Crippen molar-refractivity contribution in [1.29, 1.82) is 0 Å². The number of nitrogens with one attached hydrogen (secondary N) is 1. The summed E-state index contributed by atoms with van der Waals surface area (Å²) in [6, 6.07) is 0. The van der Waals surface area contributed by atoms with Crippen molar-refractivity contribution in [2.75, 3.05) is 18.0 Å². The van der Waals surface area contributed by atoms with E-state index in [9.17, 15) is 5.11 Å². The zero-order valence-corrected chi connectivity index (χ0v) is 7.56. The predicted octanol–water partition coefficient (Wildman–Crippen LogP) is -0.449. The summed E-state index contributed by atoms with van der Waals surface area (Å²) in [7, 11) is 0. The van der Waals surface area contributed by atoms with Gasteiger partial charge in [-0.2, -0.15) is 5.21 Å². The van der Waals surface area contributed by atoms with Crippen LogP contribution < -0.4 is 4.90 Å². The number of piperidine rings is 1. The maximum Gasteiger partial charge on any atom is 0.265 e. The molecule has 0 aliphatic carbocycles. The quantitative estimate of drug-likeness (QED) is 0.616. The van der Waals surface area contributed by atoms with Crippen molar-refractivity contribution in [2.45, 2.75) is 25.4 Å². The lowest BCUT2D eigenvalue weighted by Gasteiger charge is -2.34. The van der Waals surface area contributed by atoms with Crippen molar-refractivity contribution in [3.63, 3.8) is 0 Å². The molecule has 1 aromatic heterocycles.